The van der Waals surface area contributed by atoms with Crippen molar-refractivity contribution in [3.8, 4) is 11.4 Å². The van der Waals surface area contributed by atoms with Crippen LogP contribution in [-0.2, 0) is 0 Å². The molecule has 0 radical (unpaired) electrons. The molecule has 0 aliphatic heterocycles. The van der Waals surface area contributed by atoms with Gasteiger partial charge in [0.15, 0.2) is 10.9 Å². The van der Waals surface area contributed by atoms with E-state index >= 15 is 0 Å². The number of hydrogen-bond donors (Lipinski definition) is 2. The van der Waals surface area contributed by atoms with Crippen molar-refractivity contribution in [2.24, 2.45) is 0 Å². The fourth-order valence-electron chi connectivity index (χ4n) is 3.13. The monoisotopic (exact) mass is 433 g/mol. The molecule has 2 heterocycles. The number of alkyl halides is 2. The first-order valence-electron chi connectivity index (χ1n) is 9.00. The van der Waals surface area contributed by atoms with Gasteiger partial charge >= 0.3 is 6.61 Å². The Kier molecular flexibility index (Phi) is 6.25. The molecule has 2 aromatic heterocycles. The van der Waals surface area contributed by atoms with Crippen LogP contribution in [0.5, 0.6) is 5.75 Å². The first kappa shape index (κ1) is 21.6. The molecule has 30 heavy (non-hydrogen) atoms. The molecule has 0 bridgehead atoms. The number of aromatic nitrogens is 3. The van der Waals surface area contributed by atoms with Gasteiger partial charge in [-0.1, -0.05) is 11.8 Å². The highest BCUT2D eigenvalue weighted by atomic mass is 32.2. The van der Waals surface area contributed by atoms with E-state index < -0.39 is 11.9 Å². The molecule has 4 N–H and O–H groups in total. The third-order valence-corrected chi connectivity index (χ3v) is 5.37. The Morgan fingerprint density at radius 2 is 1.70 bits per heavy atom. The van der Waals surface area contributed by atoms with Crippen LogP contribution in [0.25, 0.3) is 5.69 Å². The van der Waals surface area contributed by atoms with Gasteiger partial charge in [0.2, 0.25) is 0 Å². The van der Waals surface area contributed by atoms with Crippen molar-refractivity contribution in [1.82, 2.24) is 14.5 Å². The van der Waals surface area contributed by atoms with Gasteiger partial charge in [0.25, 0.3) is 0 Å². The largest absolute Gasteiger partial charge is 0.435 e. The number of anilines is 2. The molecule has 1 atom stereocenters. The number of carbonyl (C=O) groups is 1. The minimum atomic E-state index is -2.88. The molecule has 0 unspecified atom stereocenters. The Bertz CT molecular complexity index is 1050. The molecule has 0 saturated heterocycles. The Balaban J connectivity index is 1.84. The standard InChI is InChI=1S/C20H21F2N5O2S/c1-10-8-15(18(28)12(3)30-20-25-16(23)9-17(24)26-20)11(2)27(10)13-4-6-14(7-5-13)29-19(21)22/h4-9,12,19H,1-3H3,(H4,23,24,25,26)/t12-/m0/s1. The Morgan fingerprint density at radius 3 is 2.27 bits per heavy atom. The van der Waals surface area contributed by atoms with Gasteiger partial charge in [0, 0.05) is 28.7 Å². The van der Waals surface area contributed by atoms with Crippen LogP contribution in [0.4, 0.5) is 20.4 Å². The topological polar surface area (TPSA) is 109 Å². The summed E-state index contributed by atoms with van der Waals surface area (Å²) in [5, 5.41) is -0.140. The number of halogens is 2. The number of rotatable bonds is 7. The molecule has 0 aliphatic carbocycles. The predicted octanol–water partition coefficient (Wildman–Crippen LogP) is 4.01. The maximum atomic E-state index is 13.1. The van der Waals surface area contributed by atoms with Gasteiger partial charge in [0.05, 0.1) is 5.25 Å². The zero-order chi connectivity index (χ0) is 22.0. The molecular weight excluding hydrogens is 412 g/mol. The van der Waals surface area contributed by atoms with E-state index in [4.69, 9.17) is 11.5 Å². The number of nitrogens with zero attached hydrogens (tertiary/aromatic N) is 3. The number of thioether (sulfide) groups is 1. The van der Waals surface area contributed by atoms with Crippen LogP contribution in [0.15, 0.2) is 41.6 Å². The average molecular weight is 433 g/mol. The van der Waals surface area contributed by atoms with E-state index in [0.717, 1.165) is 17.1 Å². The zero-order valence-electron chi connectivity index (χ0n) is 16.6. The van der Waals surface area contributed by atoms with Gasteiger partial charge in [0.1, 0.15) is 17.4 Å². The first-order chi connectivity index (χ1) is 14.2. The van der Waals surface area contributed by atoms with Gasteiger partial charge in [-0.15, -0.1) is 0 Å². The van der Waals surface area contributed by atoms with Crippen LogP contribution in [0.2, 0.25) is 0 Å². The zero-order valence-corrected chi connectivity index (χ0v) is 17.4. The first-order valence-corrected chi connectivity index (χ1v) is 9.88. The second kappa shape index (κ2) is 8.70. The Labute approximate surface area is 176 Å². The van der Waals surface area contributed by atoms with E-state index in [2.05, 4.69) is 14.7 Å². The second-order valence-electron chi connectivity index (χ2n) is 6.62. The Hall–Kier alpha value is -3.14. The summed E-state index contributed by atoms with van der Waals surface area (Å²) in [5.41, 5.74) is 14.2. The second-order valence-corrected chi connectivity index (χ2v) is 7.93. The van der Waals surface area contributed by atoms with Crippen LogP contribution in [0.3, 0.4) is 0 Å². The van der Waals surface area contributed by atoms with Crippen molar-refractivity contribution < 1.29 is 18.3 Å². The number of nitrogen functional groups attached to an aromatic ring is 2. The van der Waals surface area contributed by atoms with Crippen LogP contribution >= 0.6 is 11.8 Å². The van der Waals surface area contributed by atoms with Gasteiger partial charge in [-0.3, -0.25) is 4.79 Å². The van der Waals surface area contributed by atoms with E-state index in [1.807, 2.05) is 18.4 Å². The number of ether oxygens (including phenoxy) is 1. The number of Topliss-reactive ketones (excluding diaryl/α,β-unsaturated/α-hetero) is 1. The lowest BCUT2D eigenvalue weighted by atomic mass is 10.1. The summed E-state index contributed by atoms with van der Waals surface area (Å²) >= 11 is 1.17. The summed E-state index contributed by atoms with van der Waals surface area (Å²) in [7, 11) is 0. The average Bonchev–Trinajstić information content (AvgIpc) is 2.94. The number of benzene rings is 1. The molecule has 1 aromatic carbocycles. The third kappa shape index (κ3) is 4.70. The molecule has 3 rings (SSSR count). The highest BCUT2D eigenvalue weighted by Gasteiger charge is 2.23. The van der Waals surface area contributed by atoms with E-state index in [1.165, 1.54) is 30.0 Å². The van der Waals surface area contributed by atoms with Crippen molar-refractivity contribution in [1.29, 1.82) is 0 Å². The molecule has 0 spiro atoms. The molecule has 0 saturated carbocycles. The summed E-state index contributed by atoms with van der Waals surface area (Å²) in [6.45, 7) is 2.58. The van der Waals surface area contributed by atoms with Crippen LogP contribution < -0.4 is 16.2 Å². The van der Waals surface area contributed by atoms with Gasteiger partial charge in [-0.2, -0.15) is 8.78 Å². The molecule has 0 aliphatic rings. The lowest BCUT2D eigenvalue weighted by Crippen LogP contribution is -2.15. The van der Waals surface area contributed by atoms with Crippen molar-refractivity contribution in [3.05, 3.63) is 53.3 Å². The molecule has 3 aromatic rings. The Morgan fingerprint density at radius 1 is 1.10 bits per heavy atom. The summed E-state index contributed by atoms with van der Waals surface area (Å²) in [6.07, 6.45) is 0. The maximum Gasteiger partial charge on any atom is 0.387 e. The number of aryl methyl sites for hydroxylation is 1. The number of nitrogens with two attached hydrogens (primary N) is 2. The van der Waals surface area contributed by atoms with E-state index in [0.29, 0.717) is 10.7 Å². The third-order valence-electron chi connectivity index (χ3n) is 4.41. The quantitative estimate of drug-likeness (QED) is 0.329. The molecule has 0 amide bonds. The number of ketones is 1. The van der Waals surface area contributed by atoms with Gasteiger partial charge < -0.3 is 20.8 Å². The highest BCUT2D eigenvalue weighted by Crippen LogP contribution is 2.28. The lowest BCUT2D eigenvalue weighted by molar-refractivity contribution is -0.0498. The normalized spacial score (nSPS) is 12.2. The molecule has 158 valence electrons. The summed E-state index contributed by atoms with van der Waals surface area (Å²) in [4.78, 5) is 21.3. The fraction of sp³-hybridized carbons (Fsp3) is 0.250. The highest BCUT2D eigenvalue weighted by molar-refractivity contribution is 8.00. The van der Waals surface area contributed by atoms with E-state index in [9.17, 15) is 13.6 Å². The summed E-state index contributed by atoms with van der Waals surface area (Å²) < 4.78 is 31.0. The van der Waals surface area contributed by atoms with Crippen LogP contribution in [0.1, 0.15) is 28.7 Å². The van der Waals surface area contributed by atoms with Crippen LogP contribution in [0, 0.1) is 13.8 Å². The summed E-state index contributed by atoms with van der Waals surface area (Å²) in [6, 6.07) is 9.49. The lowest BCUT2D eigenvalue weighted by Gasteiger charge is -2.12. The molecular formula is C20H21F2N5O2S. The maximum absolute atomic E-state index is 13.1. The van der Waals surface area contributed by atoms with Gasteiger partial charge in [-0.25, -0.2) is 9.97 Å². The predicted molar refractivity (Wildman–Crippen MR) is 112 cm³/mol. The van der Waals surface area contributed by atoms with Crippen molar-refractivity contribution in [2.75, 3.05) is 11.5 Å². The SMILES string of the molecule is Cc1cc(C(=O)[C@H](C)Sc2nc(N)cc(N)n2)c(C)n1-c1ccc(OC(F)F)cc1. The van der Waals surface area contributed by atoms with E-state index in [1.54, 1.807) is 25.1 Å². The van der Waals surface area contributed by atoms with Gasteiger partial charge in [-0.05, 0) is 51.1 Å². The summed E-state index contributed by atoms with van der Waals surface area (Å²) in [5.74, 6) is 0.449. The van der Waals surface area contributed by atoms with Crippen molar-refractivity contribution >= 4 is 29.2 Å². The molecule has 10 heteroatoms. The van der Waals surface area contributed by atoms with Crippen molar-refractivity contribution in [2.45, 2.75) is 37.8 Å². The number of hydrogen-bond acceptors (Lipinski definition) is 7. The van der Waals surface area contributed by atoms with Crippen molar-refractivity contribution in [3.63, 3.8) is 0 Å². The van der Waals surface area contributed by atoms with E-state index in [-0.39, 0.29) is 23.2 Å². The smallest absolute Gasteiger partial charge is 0.387 e. The van der Waals surface area contributed by atoms with Crippen LogP contribution in [-0.4, -0.2) is 32.2 Å². The number of carbonyl (C=O) groups excluding carboxylic acids is 1. The fourth-order valence-corrected chi connectivity index (χ4v) is 4.00. The molecule has 7 nitrogen and oxygen atoms in total. The molecule has 0 fully saturated rings. The minimum Gasteiger partial charge on any atom is -0.435 e. The minimum absolute atomic E-state index is 0.0685.